The number of nitrogens with one attached hydrogen (secondary N) is 1. The molecule has 3 nitrogen and oxygen atoms in total. The molecule has 0 aromatic heterocycles. The molecule has 2 rings (SSSR count). The van der Waals surface area contributed by atoms with Gasteiger partial charge in [-0.1, -0.05) is 13.0 Å². The highest BCUT2D eigenvalue weighted by molar-refractivity contribution is 9.10. The number of ether oxygens (including phenoxy) is 1. The van der Waals surface area contributed by atoms with Crippen LogP contribution in [0.1, 0.15) is 24.9 Å². The number of morpholine rings is 1. The van der Waals surface area contributed by atoms with Crippen molar-refractivity contribution in [2.45, 2.75) is 25.5 Å². The Balaban J connectivity index is 2.15. The second-order valence-corrected chi connectivity index (χ2v) is 6.07. The van der Waals surface area contributed by atoms with E-state index in [1.54, 1.807) is 0 Å². The number of likely N-dealkylation sites (N-methyl/N-ethyl adjacent to an activating group) is 1. The van der Waals surface area contributed by atoms with Crippen molar-refractivity contribution in [3.05, 3.63) is 34.1 Å². The summed E-state index contributed by atoms with van der Waals surface area (Å²) in [6.07, 6.45) is 1.20. The summed E-state index contributed by atoms with van der Waals surface area (Å²) in [5.41, 5.74) is 1.09. The topological polar surface area (TPSA) is 24.5 Å². The van der Waals surface area contributed by atoms with E-state index in [9.17, 15) is 4.39 Å². The fourth-order valence-electron chi connectivity index (χ4n) is 2.62. The maximum atomic E-state index is 13.4. The van der Waals surface area contributed by atoms with Gasteiger partial charge in [-0.05, 0) is 53.6 Å². The molecule has 1 fully saturated rings. The summed E-state index contributed by atoms with van der Waals surface area (Å²) >= 11 is 3.27. The monoisotopic (exact) mass is 344 g/mol. The van der Waals surface area contributed by atoms with Crippen molar-refractivity contribution in [1.29, 1.82) is 0 Å². The third-order valence-electron chi connectivity index (χ3n) is 3.66. The molecule has 2 atom stereocenters. The van der Waals surface area contributed by atoms with Gasteiger partial charge in [-0.3, -0.25) is 4.90 Å². The van der Waals surface area contributed by atoms with E-state index in [1.807, 2.05) is 12.1 Å². The van der Waals surface area contributed by atoms with Crippen LogP contribution in [-0.2, 0) is 4.74 Å². The van der Waals surface area contributed by atoms with Gasteiger partial charge in [0, 0.05) is 13.1 Å². The minimum Gasteiger partial charge on any atom is -0.374 e. The zero-order valence-corrected chi connectivity index (χ0v) is 13.6. The lowest BCUT2D eigenvalue weighted by atomic mass is 9.98. The number of hydrogen-bond acceptors (Lipinski definition) is 3. The Morgan fingerprint density at radius 1 is 1.50 bits per heavy atom. The second kappa shape index (κ2) is 7.50. The predicted molar refractivity (Wildman–Crippen MR) is 82.4 cm³/mol. The Morgan fingerprint density at radius 2 is 2.30 bits per heavy atom. The minimum atomic E-state index is -0.228. The summed E-state index contributed by atoms with van der Waals surface area (Å²) in [6.45, 7) is 5.59. The molecule has 5 heteroatoms. The number of benzene rings is 1. The van der Waals surface area contributed by atoms with Crippen LogP contribution < -0.4 is 5.32 Å². The zero-order valence-electron chi connectivity index (χ0n) is 12.0. The lowest BCUT2D eigenvalue weighted by molar-refractivity contribution is -0.0613. The highest BCUT2D eigenvalue weighted by Gasteiger charge is 2.31. The molecule has 112 valence electrons. The van der Waals surface area contributed by atoms with Crippen LogP contribution in [-0.4, -0.2) is 44.3 Å². The van der Waals surface area contributed by atoms with Gasteiger partial charge >= 0.3 is 0 Å². The van der Waals surface area contributed by atoms with Crippen molar-refractivity contribution in [2.75, 3.05) is 33.3 Å². The molecular weight excluding hydrogens is 323 g/mol. The van der Waals surface area contributed by atoms with E-state index in [-0.39, 0.29) is 18.0 Å². The summed E-state index contributed by atoms with van der Waals surface area (Å²) in [5.74, 6) is -0.228. The van der Waals surface area contributed by atoms with Gasteiger partial charge in [0.25, 0.3) is 0 Å². The van der Waals surface area contributed by atoms with E-state index in [0.717, 1.165) is 38.2 Å². The van der Waals surface area contributed by atoms with Gasteiger partial charge in [0.15, 0.2) is 0 Å². The lowest BCUT2D eigenvalue weighted by Crippen LogP contribution is -2.47. The molecule has 0 amide bonds. The molecule has 0 saturated carbocycles. The number of rotatable bonds is 5. The van der Waals surface area contributed by atoms with E-state index in [1.165, 1.54) is 6.07 Å². The van der Waals surface area contributed by atoms with Gasteiger partial charge in [-0.25, -0.2) is 4.39 Å². The molecule has 1 N–H and O–H groups in total. The first-order valence-electron chi connectivity index (χ1n) is 7.11. The van der Waals surface area contributed by atoms with Crippen LogP contribution in [0.25, 0.3) is 0 Å². The minimum absolute atomic E-state index is 0.0951. The van der Waals surface area contributed by atoms with Gasteiger partial charge < -0.3 is 10.1 Å². The molecule has 1 saturated heterocycles. The first-order valence-corrected chi connectivity index (χ1v) is 7.90. The van der Waals surface area contributed by atoms with Gasteiger partial charge in [0.1, 0.15) is 5.82 Å². The third-order valence-corrected chi connectivity index (χ3v) is 4.27. The van der Waals surface area contributed by atoms with Crippen LogP contribution in [0.3, 0.4) is 0 Å². The molecule has 1 aliphatic rings. The fraction of sp³-hybridized carbons (Fsp3) is 0.600. The first kappa shape index (κ1) is 15.9. The smallest absolute Gasteiger partial charge is 0.137 e. The molecule has 0 spiro atoms. The highest BCUT2D eigenvalue weighted by Crippen LogP contribution is 2.30. The van der Waals surface area contributed by atoms with Crippen LogP contribution in [0.15, 0.2) is 22.7 Å². The van der Waals surface area contributed by atoms with Crippen LogP contribution >= 0.6 is 15.9 Å². The Bertz CT molecular complexity index is 444. The number of hydrogen-bond donors (Lipinski definition) is 1. The van der Waals surface area contributed by atoms with Crippen LogP contribution in [0.2, 0.25) is 0 Å². The highest BCUT2D eigenvalue weighted by atomic mass is 79.9. The Hall–Kier alpha value is -0.490. The van der Waals surface area contributed by atoms with Crippen molar-refractivity contribution in [1.82, 2.24) is 10.2 Å². The van der Waals surface area contributed by atoms with Gasteiger partial charge in [0.2, 0.25) is 0 Å². The van der Waals surface area contributed by atoms with Gasteiger partial charge in [0.05, 0.1) is 23.2 Å². The molecule has 1 heterocycles. The fourth-order valence-corrected chi connectivity index (χ4v) is 3.02. The molecule has 0 radical (unpaired) electrons. The average Bonchev–Trinajstić information content (AvgIpc) is 2.43. The molecule has 0 aliphatic carbocycles. The van der Waals surface area contributed by atoms with Crippen molar-refractivity contribution in [2.24, 2.45) is 0 Å². The quantitative estimate of drug-likeness (QED) is 0.831. The molecule has 1 aromatic rings. The number of nitrogens with zero attached hydrogens (tertiary/aromatic N) is 1. The molecule has 2 unspecified atom stereocenters. The van der Waals surface area contributed by atoms with Crippen molar-refractivity contribution in [3.8, 4) is 0 Å². The maximum absolute atomic E-state index is 13.4. The second-order valence-electron chi connectivity index (χ2n) is 5.21. The van der Waals surface area contributed by atoms with E-state index in [2.05, 4.69) is 40.1 Å². The maximum Gasteiger partial charge on any atom is 0.137 e. The van der Waals surface area contributed by atoms with Crippen LogP contribution in [0.5, 0.6) is 0 Å². The van der Waals surface area contributed by atoms with Crippen molar-refractivity contribution < 1.29 is 9.13 Å². The standard InChI is InChI=1S/C15H22BrFN2O/c1-3-6-18-10-14-15(19(2)7-8-20-14)11-4-5-13(17)12(16)9-11/h4-5,9,14-15,18H,3,6-8,10H2,1-2H3. The molecular formula is C15H22BrFN2O. The Kier molecular flexibility index (Phi) is 5.96. The Morgan fingerprint density at radius 3 is 3.00 bits per heavy atom. The average molecular weight is 345 g/mol. The lowest BCUT2D eigenvalue weighted by Gasteiger charge is -2.39. The summed E-state index contributed by atoms with van der Waals surface area (Å²) < 4.78 is 19.8. The first-order chi connectivity index (χ1) is 9.63. The van der Waals surface area contributed by atoms with Gasteiger partial charge in [-0.15, -0.1) is 0 Å². The molecule has 0 bridgehead atoms. The molecule has 1 aromatic carbocycles. The molecule has 20 heavy (non-hydrogen) atoms. The number of halogens is 2. The summed E-state index contributed by atoms with van der Waals surface area (Å²) in [4.78, 5) is 2.28. The SMILES string of the molecule is CCCNCC1OCCN(C)C1c1ccc(F)c(Br)c1. The van der Waals surface area contributed by atoms with Gasteiger partial charge in [-0.2, -0.15) is 0 Å². The summed E-state index contributed by atoms with van der Waals surface area (Å²) in [6, 6.07) is 5.38. The molecule has 1 aliphatic heterocycles. The van der Waals surface area contributed by atoms with Crippen molar-refractivity contribution >= 4 is 15.9 Å². The summed E-state index contributed by atoms with van der Waals surface area (Å²) in [5, 5.41) is 3.41. The zero-order chi connectivity index (χ0) is 14.5. The summed E-state index contributed by atoms with van der Waals surface area (Å²) in [7, 11) is 2.09. The van der Waals surface area contributed by atoms with Crippen LogP contribution in [0.4, 0.5) is 4.39 Å². The van der Waals surface area contributed by atoms with Crippen molar-refractivity contribution in [3.63, 3.8) is 0 Å². The van der Waals surface area contributed by atoms with Crippen LogP contribution in [0, 0.1) is 5.82 Å². The van der Waals surface area contributed by atoms with E-state index in [0.29, 0.717) is 4.47 Å². The van der Waals surface area contributed by atoms with E-state index >= 15 is 0 Å². The predicted octanol–water partition coefficient (Wildman–Crippen LogP) is 2.96. The third kappa shape index (κ3) is 3.79. The Labute approximate surface area is 128 Å². The van der Waals surface area contributed by atoms with E-state index < -0.39 is 0 Å². The normalized spacial score (nSPS) is 24.0. The van der Waals surface area contributed by atoms with E-state index in [4.69, 9.17) is 4.74 Å². The largest absolute Gasteiger partial charge is 0.374 e.